The van der Waals surface area contributed by atoms with E-state index < -0.39 is 59.4 Å². The first-order chi connectivity index (χ1) is 8.54. The molecule has 0 saturated heterocycles. The van der Waals surface area contributed by atoms with Crippen molar-refractivity contribution >= 4 is 37.0 Å². The summed E-state index contributed by atoms with van der Waals surface area (Å²) in [5.74, 6) is -5.83. The molecule has 1 atom stereocenters. The van der Waals surface area contributed by atoms with E-state index in [0.29, 0.717) is 0 Å². The number of hydrogen-bond donors (Lipinski definition) is 5. The highest BCUT2D eigenvalue weighted by atomic mass is 32.2. The maximum atomic E-state index is 11.1. The Morgan fingerprint density at radius 3 is 1.58 bits per heavy atom. The van der Waals surface area contributed by atoms with Gasteiger partial charge in [-0.25, -0.2) is 8.42 Å². The SMILES string of the molecule is O=C(O)CC(CC(=O)O)(C(=O)O)N([PH](=O)O)[SH](=O)=O. The Hall–Kier alpha value is -1.49. The second kappa shape index (κ2) is 6.61. The number of hydrogen-bond acceptors (Lipinski definition) is 6. The maximum absolute atomic E-state index is 11.1. The molecule has 0 heterocycles. The summed E-state index contributed by atoms with van der Waals surface area (Å²) in [5.41, 5.74) is -3.06. The normalized spacial score (nSPS) is 13.4. The van der Waals surface area contributed by atoms with E-state index in [1.54, 1.807) is 0 Å². The van der Waals surface area contributed by atoms with Crippen LogP contribution in [0, 0.1) is 0 Å². The Bertz CT molecular complexity index is 474. The molecule has 0 aromatic rings. The fraction of sp³-hybridized carbons (Fsp3) is 0.500. The first kappa shape index (κ1) is 17.5. The van der Waals surface area contributed by atoms with E-state index in [-0.39, 0.29) is 0 Å². The molecule has 1 unspecified atom stereocenters. The van der Waals surface area contributed by atoms with Crippen molar-refractivity contribution in [1.82, 2.24) is 4.08 Å². The molecule has 0 aliphatic rings. The van der Waals surface area contributed by atoms with Crippen LogP contribution in [-0.2, 0) is 29.8 Å². The van der Waals surface area contributed by atoms with E-state index >= 15 is 0 Å². The zero-order valence-electron chi connectivity index (χ0n) is 9.05. The van der Waals surface area contributed by atoms with Gasteiger partial charge in [-0.15, -0.1) is 4.08 Å². The molecule has 11 nitrogen and oxygen atoms in total. The van der Waals surface area contributed by atoms with Gasteiger partial charge in [0.15, 0.2) is 5.54 Å². The summed E-state index contributed by atoms with van der Waals surface area (Å²) in [6.45, 7) is 0. The van der Waals surface area contributed by atoms with Crippen molar-refractivity contribution in [3.8, 4) is 0 Å². The summed E-state index contributed by atoms with van der Waals surface area (Å²) in [6, 6.07) is 0. The van der Waals surface area contributed by atoms with E-state index in [1.165, 1.54) is 0 Å². The summed E-state index contributed by atoms with van der Waals surface area (Å²) in [7, 11) is -8.16. The molecule has 0 aromatic carbocycles. The standard InChI is InChI=1S/C6H10NO10PS/c8-3(9)1-6(5(12)13,2-4(10)11)7(18(14)15)19(16)17/h18-19H,1-2H2,(H,8,9)(H,10,11)(H,12,13)(H,14,15). The first-order valence-corrected chi connectivity index (χ1v) is 6.82. The van der Waals surface area contributed by atoms with Crippen molar-refractivity contribution < 1.29 is 47.6 Å². The highest BCUT2D eigenvalue weighted by molar-refractivity contribution is 7.76. The summed E-state index contributed by atoms with van der Waals surface area (Å²) in [5, 5.41) is 26.1. The minimum absolute atomic E-state index is 0.516. The molecule has 0 aliphatic heterocycles. The minimum Gasteiger partial charge on any atom is -0.481 e. The molecule has 19 heavy (non-hydrogen) atoms. The average molecular weight is 319 g/mol. The van der Waals surface area contributed by atoms with Crippen LogP contribution in [0.3, 0.4) is 0 Å². The third kappa shape index (κ3) is 4.28. The van der Waals surface area contributed by atoms with Crippen molar-refractivity contribution in [2.24, 2.45) is 0 Å². The third-order valence-corrected chi connectivity index (χ3v) is 4.54. The van der Waals surface area contributed by atoms with Gasteiger partial charge in [0.25, 0.3) is 8.18 Å². The molecule has 110 valence electrons. The maximum Gasteiger partial charge on any atom is 0.326 e. The van der Waals surface area contributed by atoms with Crippen LogP contribution < -0.4 is 0 Å². The molecular weight excluding hydrogens is 309 g/mol. The molecule has 0 rings (SSSR count). The van der Waals surface area contributed by atoms with Gasteiger partial charge in [0, 0.05) is 0 Å². The van der Waals surface area contributed by atoms with Crippen LogP contribution >= 0.6 is 8.18 Å². The summed E-state index contributed by atoms with van der Waals surface area (Å²) in [4.78, 5) is 41.1. The fourth-order valence-electron chi connectivity index (χ4n) is 1.36. The lowest BCUT2D eigenvalue weighted by molar-refractivity contribution is -0.157. The van der Waals surface area contributed by atoms with Crippen LogP contribution in [0.25, 0.3) is 0 Å². The van der Waals surface area contributed by atoms with Crippen molar-refractivity contribution in [2.45, 2.75) is 18.4 Å². The van der Waals surface area contributed by atoms with Gasteiger partial charge in [0.2, 0.25) is 10.9 Å². The van der Waals surface area contributed by atoms with Gasteiger partial charge in [-0.3, -0.25) is 18.9 Å². The topological polar surface area (TPSA) is 187 Å². The van der Waals surface area contributed by atoms with Gasteiger partial charge in [0.05, 0.1) is 12.8 Å². The minimum atomic E-state index is -4.18. The van der Waals surface area contributed by atoms with E-state index in [4.69, 9.17) is 20.2 Å². The van der Waals surface area contributed by atoms with Gasteiger partial charge in [-0.05, 0) is 0 Å². The Kier molecular flexibility index (Phi) is 6.09. The van der Waals surface area contributed by atoms with Gasteiger partial charge < -0.3 is 20.2 Å². The zero-order valence-corrected chi connectivity index (χ0v) is 10.9. The second-order valence-corrected chi connectivity index (χ2v) is 5.57. The van der Waals surface area contributed by atoms with Gasteiger partial charge in [0.1, 0.15) is 0 Å². The van der Waals surface area contributed by atoms with Crippen LogP contribution in [0.4, 0.5) is 0 Å². The zero-order chi connectivity index (χ0) is 15.4. The number of aliphatic carboxylic acids is 3. The Morgan fingerprint density at radius 2 is 1.42 bits per heavy atom. The van der Waals surface area contributed by atoms with Crippen LogP contribution in [0.5, 0.6) is 0 Å². The fourth-order valence-corrected chi connectivity index (χ4v) is 3.08. The molecule has 0 radical (unpaired) electrons. The number of carbonyl (C=O) groups is 3. The molecule has 0 fully saturated rings. The number of nitrogens with zero attached hydrogens (tertiary/aromatic N) is 1. The number of rotatable bonds is 8. The van der Waals surface area contributed by atoms with Crippen LogP contribution in [0.1, 0.15) is 12.8 Å². The van der Waals surface area contributed by atoms with Gasteiger partial charge in [-0.2, -0.15) is 0 Å². The van der Waals surface area contributed by atoms with E-state index in [0.717, 1.165) is 0 Å². The highest BCUT2D eigenvalue weighted by Crippen LogP contribution is 2.37. The Labute approximate surface area is 108 Å². The average Bonchev–Trinajstić information content (AvgIpc) is 2.12. The number of thiol groups is 1. The van der Waals surface area contributed by atoms with Crippen LogP contribution in [0.2, 0.25) is 0 Å². The molecular formula is C6H10NO10PS. The largest absolute Gasteiger partial charge is 0.481 e. The molecule has 4 N–H and O–H groups in total. The summed E-state index contributed by atoms with van der Waals surface area (Å²) >= 11 is 0. The highest BCUT2D eigenvalue weighted by Gasteiger charge is 2.52. The number of carboxylic acids is 3. The lowest BCUT2D eigenvalue weighted by atomic mass is 9.92. The Morgan fingerprint density at radius 1 is 1.05 bits per heavy atom. The molecule has 0 saturated carbocycles. The van der Waals surface area contributed by atoms with Crippen molar-refractivity contribution in [1.29, 1.82) is 0 Å². The van der Waals surface area contributed by atoms with Crippen molar-refractivity contribution in [3.05, 3.63) is 0 Å². The van der Waals surface area contributed by atoms with E-state index in [2.05, 4.69) is 0 Å². The molecule has 0 spiro atoms. The van der Waals surface area contributed by atoms with Crippen molar-refractivity contribution in [2.75, 3.05) is 0 Å². The predicted octanol–water partition coefficient (Wildman–Crippen LogP) is -2.03. The van der Waals surface area contributed by atoms with Crippen LogP contribution in [-0.4, -0.2) is 56.2 Å². The first-order valence-electron chi connectivity index (χ1n) is 4.39. The van der Waals surface area contributed by atoms with Gasteiger partial charge >= 0.3 is 17.9 Å². The molecule has 0 aliphatic carbocycles. The molecule has 0 bridgehead atoms. The number of carboxylic acid groups (broad SMARTS) is 3. The molecule has 13 heteroatoms. The summed E-state index contributed by atoms with van der Waals surface area (Å²) in [6.07, 6.45) is -2.95. The van der Waals surface area contributed by atoms with Crippen molar-refractivity contribution in [3.63, 3.8) is 0 Å². The predicted molar refractivity (Wildman–Crippen MR) is 58.2 cm³/mol. The van der Waals surface area contributed by atoms with E-state index in [1.807, 2.05) is 0 Å². The summed E-state index contributed by atoms with van der Waals surface area (Å²) < 4.78 is 32.1. The quantitative estimate of drug-likeness (QED) is 0.246. The Balaban J connectivity index is 6.06. The molecule has 0 amide bonds. The lowest BCUT2D eigenvalue weighted by Crippen LogP contribution is -2.53. The third-order valence-electron chi connectivity index (χ3n) is 2.04. The van der Waals surface area contributed by atoms with Crippen LogP contribution in [0.15, 0.2) is 0 Å². The lowest BCUT2D eigenvalue weighted by Gasteiger charge is -2.31. The second-order valence-electron chi connectivity index (χ2n) is 3.31. The smallest absolute Gasteiger partial charge is 0.326 e. The molecule has 0 aromatic heterocycles. The van der Waals surface area contributed by atoms with Gasteiger partial charge in [-0.1, -0.05) is 0 Å². The van der Waals surface area contributed by atoms with E-state index in [9.17, 15) is 27.4 Å². The monoisotopic (exact) mass is 319 g/mol.